The van der Waals surface area contributed by atoms with Gasteiger partial charge in [0, 0.05) is 24.5 Å². The number of anilines is 1. The van der Waals surface area contributed by atoms with Crippen LogP contribution in [-0.2, 0) is 16.8 Å². The normalized spacial score (nSPS) is 12.7. The van der Waals surface area contributed by atoms with Gasteiger partial charge in [0.2, 0.25) is 0 Å². The van der Waals surface area contributed by atoms with Crippen LogP contribution in [0.15, 0.2) is 54.1 Å². The lowest BCUT2D eigenvalue weighted by atomic mass is 9.86. The lowest BCUT2D eigenvalue weighted by molar-refractivity contribution is -0.118. The summed E-state index contributed by atoms with van der Waals surface area (Å²) in [6.45, 7) is 10.3. The average molecular weight is 676 g/mol. The third-order valence-electron chi connectivity index (χ3n) is 7.59. The third kappa shape index (κ3) is 14.9. The summed E-state index contributed by atoms with van der Waals surface area (Å²) in [5.74, 6) is 2.28. The molecule has 0 fully saturated rings. The summed E-state index contributed by atoms with van der Waals surface area (Å²) in [4.78, 5) is 14.9. The first-order chi connectivity index (χ1) is 20.3. The second-order valence-corrected chi connectivity index (χ2v) is 13.4. The van der Waals surface area contributed by atoms with Crippen LogP contribution in [0.25, 0.3) is 0 Å². The summed E-state index contributed by atoms with van der Waals surface area (Å²) in [5.41, 5.74) is 3.05. The van der Waals surface area contributed by atoms with Crippen molar-refractivity contribution in [3.05, 3.63) is 65.2 Å². The predicted octanol–water partition coefficient (Wildman–Crippen LogP) is 10.6. The molecule has 2 aromatic carbocycles. The number of nitrogens with one attached hydrogen (secondary N) is 1. The first kappa shape index (κ1) is 37.1. The van der Waals surface area contributed by atoms with E-state index in [0.717, 1.165) is 41.4 Å². The number of carbonyl (C=O) groups excluding carboxylic acids is 1. The minimum absolute atomic E-state index is 0. The minimum Gasteiger partial charge on any atom is -0.493 e. The van der Waals surface area contributed by atoms with Crippen molar-refractivity contribution in [1.82, 2.24) is 4.90 Å². The quantitative estimate of drug-likeness (QED) is 0.142. The minimum atomic E-state index is -0.178. The van der Waals surface area contributed by atoms with Crippen molar-refractivity contribution in [2.24, 2.45) is 0 Å². The van der Waals surface area contributed by atoms with Gasteiger partial charge in [0.1, 0.15) is 11.5 Å². The molecule has 43 heavy (non-hydrogen) atoms. The number of ether oxygens (including phenoxy) is 2. The molecule has 240 valence electrons. The van der Waals surface area contributed by atoms with E-state index < -0.39 is 0 Å². The Morgan fingerprint density at radius 3 is 2.19 bits per heavy atom. The fraction of sp³-hybridized carbons (Fsp3) is 0.583. The average Bonchev–Trinajstić information content (AvgIpc) is 3.47. The number of benzene rings is 2. The Morgan fingerprint density at radius 1 is 0.884 bits per heavy atom. The molecule has 0 saturated heterocycles. The number of rotatable bonds is 20. The van der Waals surface area contributed by atoms with Gasteiger partial charge >= 0.3 is 0 Å². The summed E-state index contributed by atoms with van der Waals surface area (Å²) in [6, 6.07) is 13.9. The van der Waals surface area contributed by atoms with Gasteiger partial charge in [-0.1, -0.05) is 117 Å². The van der Waals surface area contributed by atoms with Crippen molar-refractivity contribution < 1.29 is 14.3 Å². The molecule has 0 bridgehead atoms. The molecule has 1 aliphatic heterocycles. The van der Waals surface area contributed by atoms with E-state index in [1.165, 1.54) is 70.6 Å². The van der Waals surface area contributed by atoms with Gasteiger partial charge in [0.15, 0.2) is 6.61 Å². The lowest BCUT2D eigenvalue weighted by Gasteiger charge is -2.23. The second-order valence-electron chi connectivity index (χ2n) is 12.5. The summed E-state index contributed by atoms with van der Waals surface area (Å²) in [7, 11) is 0. The Labute approximate surface area is 276 Å². The highest BCUT2D eigenvalue weighted by Gasteiger charge is 2.20. The highest BCUT2D eigenvalue weighted by molar-refractivity contribution is 8.93. The van der Waals surface area contributed by atoms with Gasteiger partial charge in [-0.2, -0.15) is 0 Å². The van der Waals surface area contributed by atoms with E-state index in [2.05, 4.69) is 61.7 Å². The van der Waals surface area contributed by atoms with Gasteiger partial charge in [-0.3, -0.25) is 4.79 Å². The van der Waals surface area contributed by atoms with Crippen LogP contribution < -0.4 is 14.8 Å². The zero-order chi connectivity index (χ0) is 30.0. The van der Waals surface area contributed by atoms with E-state index in [9.17, 15) is 4.79 Å². The Hall–Kier alpha value is -2.12. The maximum Gasteiger partial charge on any atom is 0.262 e. The fourth-order valence-electron chi connectivity index (χ4n) is 5.19. The molecule has 1 amide bonds. The molecule has 0 aromatic heterocycles. The number of thioether (sulfide) groups is 1. The Kier molecular flexibility index (Phi) is 17.9. The van der Waals surface area contributed by atoms with Crippen LogP contribution in [0.1, 0.15) is 116 Å². The Balaban J connectivity index is 0.00000645. The highest BCUT2D eigenvalue weighted by Crippen LogP contribution is 2.34. The lowest BCUT2D eigenvalue weighted by Crippen LogP contribution is -2.20. The van der Waals surface area contributed by atoms with Gasteiger partial charge in [0.25, 0.3) is 5.91 Å². The number of hydrogen-bond acceptors (Lipinski definition) is 5. The molecule has 0 radical (unpaired) electrons. The molecular weight excluding hydrogens is 620 g/mol. The summed E-state index contributed by atoms with van der Waals surface area (Å²) in [5, 5.41) is 5.07. The molecule has 1 aliphatic rings. The molecule has 2 aromatic rings. The van der Waals surface area contributed by atoms with Gasteiger partial charge in [-0.15, -0.1) is 28.7 Å². The van der Waals surface area contributed by atoms with Crippen LogP contribution in [0.4, 0.5) is 5.69 Å². The first-order valence-electron chi connectivity index (χ1n) is 16.2. The van der Waals surface area contributed by atoms with Crippen molar-refractivity contribution in [2.75, 3.05) is 24.4 Å². The second kappa shape index (κ2) is 20.8. The van der Waals surface area contributed by atoms with Gasteiger partial charge in [0.05, 0.1) is 12.5 Å². The number of carbonyl (C=O) groups is 1. The smallest absolute Gasteiger partial charge is 0.262 e. The number of nitrogens with zero attached hydrogens (tertiary/aromatic N) is 1. The predicted molar refractivity (Wildman–Crippen MR) is 190 cm³/mol. The molecule has 5 nitrogen and oxygen atoms in total. The summed E-state index contributed by atoms with van der Waals surface area (Å²) in [6.07, 6.45) is 18.0. The largest absolute Gasteiger partial charge is 0.493 e. The molecule has 0 spiro atoms. The maximum absolute atomic E-state index is 12.7. The van der Waals surface area contributed by atoms with Crippen LogP contribution in [-0.4, -0.2) is 29.9 Å². The zero-order valence-corrected chi connectivity index (χ0v) is 29.5. The van der Waals surface area contributed by atoms with Crippen LogP contribution in [0.2, 0.25) is 0 Å². The van der Waals surface area contributed by atoms with Crippen molar-refractivity contribution in [1.29, 1.82) is 0 Å². The van der Waals surface area contributed by atoms with E-state index in [0.29, 0.717) is 12.4 Å². The molecule has 1 heterocycles. The molecule has 0 aliphatic carbocycles. The van der Waals surface area contributed by atoms with Crippen molar-refractivity contribution >= 4 is 40.3 Å². The molecule has 7 heteroatoms. The van der Waals surface area contributed by atoms with E-state index in [-0.39, 0.29) is 34.9 Å². The van der Waals surface area contributed by atoms with E-state index >= 15 is 0 Å². The van der Waals surface area contributed by atoms with Gasteiger partial charge in [-0.05, 0) is 46.6 Å². The molecule has 3 rings (SSSR count). The zero-order valence-electron chi connectivity index (χ0n) is 27.0. The van der Waals surface area contributed by atoms with E-state index in [1.807, 2.05) is 30.3 Å². The van der Waals surface area contributed by atoms with Crippen molar-refractivity contribution in [2.45, 2.75) is 117 Å². The molecule has 1 N–H and O–H groups in total. The van der Waals surface area contributed by atoms with Crippen LogP contribution in [0.5, 0.6) is 11.5 Å². The Morgan fingerprint density at radius 2 is 1.56 bits per heavy atom. The molecule has 0 unspecified atom stereocenters. The number of halogens is 1. The Bertz CT molecular complexity index is 1100. The van der Waals surface area contributed by atoms with Crippen LogP contribution in [0.3, 0.4) is 0 Å². The van der Waals surface area contributed by atoms with Crippen molar-refractivity contribution in [3.63, 3.8) is 0 Å². The number of unbranched alkanes of at least 4 members (excludes halogenated alkanes) is 11. The highest BCUT2D eigenvalue weighted by atomic mass is 79.9. The maximum atomic E-state index is 12.7. The van der Waals surface area contributed by atoms with E-state index in [1.54, 1.807) is 11.8 Å². The first-order valence-corrected chi connectivity index (χ1v) is 17.2. The van der Waals surface area contributed by atoms with Crippen LogP contribution in [0, 0.1) is 0 Å². The SMILES string of the molecule is Br.CCCCCCCCCCCCCCOc1cc(OCC(=O)Nc2cccc(CN3C=CSC3)c2)ccc1C(C)(C)C. The molecule has 0 atom stereocenters. The standard InChI is InChI=1S/C36H54N2O3S.BrH/c1-5-6-7-8-9-10-11-12-13-14-15-16-23-40-34-26-32(20-21-33(34)36(2,3)4)41-28-35(39)37-31-19-17-18-30(25-31)27-38-22-24-42-29-38;/h17-22,24-26H,5-16,23,27-29H2,1-4H3,(H,37,39);1H. The molecular formula is C36H55BrN2O3S. The van der Waals surface area contributed by atoms with Gasteiger partial charge in [-0.25, -0.2) is 0 Å². The number of amides is 1. The topological polar surface area (TPSA) is 50.8 Å². The third-order valence-corrected chi connectivity index (χ3v) is 8.39. The fourth-order valence-corrected chi connectivity index (χ4v) is 5.91. The van der Waals surface area contributed by atoms with Gasteiger partial charge < -0.3 is 19.7 Å². The number of hydrogen-bond donors (Lipinski definition) is 1. The molecule has 0 saturated carbocycles. The monoisotopic (exact) mass is 674 g/mol. The summed E-state index contributed by atoms with van der Waals surface area (Å²) < 4.78 is 12.2. The summed E-state index contributed by atoms with van der Waals surface area (Å²) >= 11 is 1.79. The van der Waals surface area contributed by atoms with Crippen molar-refractivity contribution in [3.8, 4) is 11.5 Å². The van der Waals surface area contributed by atoms with E-state index in [4.69, 9.17) is 9.47 Å². The van der Waals surface area contributed by atoms with Crippen LogP contribution >= 0.6 is 28.7 Å².